The molecule has 0 radical (unpaired) electrons. The zero-order valence-corrected chi connectivity index (χ0v) is 41.8. The number of carbonyl (C=O) groups excluding carboxylic acids is 3. The molecule has 0 aromatic carbocycles. The lowest BCUT2D eigenvalue weighted by molar-refractivity contribution is -0.167. The topological polar surface area (TPSA) is 78.9 Å². The van der Waals surface area contributed by atoms with Gasteiger partial charge in [0.05, 0.1) is 0 Å². The molecule has 0 rings (SSSR count). The minimum atomic E-state index is -0.762. The van der Waals surface area contributed by atoms with Gasteiger partial charge in [-0.05, 0) is 31.1 Å². The third-order valence-corrected chi connectivity index (χ3v) is 12.8. The van der Waals surface area contributed by atoms with E-state index in [0.717, 1.165) is 69.6 Å². The van der Waals surface area contributed by atoms with Crippen molar-refractivity contribution in [2.24, 2.45) is 11.8 Å². The maximum absolute atomic E-state index is 12.8. The van der Waals surface area contributed by atoms with Crippen LogP contribution in [0.1, 0.15) is 304 Å². The summed E-state index contributed by atoms with van der Waals surface area (Å²) in [6.07, 6.45) is 49.4. The van der Waals surface area contributed by atoms with Crippen LogP contribution in [0.15, 0.2) is 0 Å². The van der Waals surface area contributed by atoms with E-state index in [1.165, 1.54) is 193 Å². The van der Waals surface area contributed by atoms with Crippen LogP contribution in [0.2, 0.25) is 0 Å². The minimum absolute atomic E-state index is 0.0634. The quantitative estimate of drug-likeness (QED) is 0.0344. The van der Waals surface area contributed by atoms with Gasteiger partial charge in [-0.15, -0.1) is 0 Å². The Morgan fingerprint density at radius 1 is 0.344 bits per heavy atom. The third-order valence-electron chi connectivity index (χ3n) is 12.8. The highest BCUT2D eigenvalue weighted by Gasteiger charge is 2.19. The highest BCUT2D eigenvalue weighted by molar-refractivity contribution is 5.71. The third kappa shape index (κ3) is 47.7. The zero-order valence-electron chi connectivity index (χ0n) is 41.8. The Labute approximate surface area is 380 Å². The first-order chi connectivity index (χ1) is 29.8. The average Bonchev–Trinajstić information content (AvgIpc) is 3.24. The molecule has 0 aromatic rings. The second-order valence-corrected chi connectivity index (χ2v) is 19.6. The maximum Gasteiger partial charge on any atom is 0.306 e. The predicted molar refractivity (Wildman–Crippen MR) is 261 cm³/mol. The zero-order chi connectivity index (χ0) is 44.7. The number of ether oxygens (including phenoxy) is 3. The fourth-order valence-corrected chi connectivity index (χ4v) is 8.31. The van der Waals surface area contributed by atoms with E-state index in [1.54, 1.807) is 0 Å². The van der Waals surface area contributed by atoms with Gasteiger partial charge in [0.2, 0.25) is 0 Å². The van der Waals surface area contributed by atoms with Crippen LogP contribution < -0.4 is 0 Å². The summed E-state index contributed by atoms with van der Waals surface area (Å²) in [6, 6.07) is 0. The standard InChI is InChI=1S/C55H106O6/c1-6-8-9-10-11-12-13-17-22-25-32-37-42-47-55(58)61-52(49-60-54(57)46-41-36-31-27-26-29-34-39-44-51(5)7-2)48-59-53(56)45-40-35-30-24-21-19-16-14-15-18-20-23-28-33-38-43-50(3)4/h50-52H,6-49H2,1-5H3/t51?,52-/m0/s1. The molecule has 0 saturated carbocycles. The van der Waals surface area contributed by atoms with Gasteiger partial charge in [0.15, 0.2) is 6.10 Å². The summed E-state index contributed by atoms with van der Waals surface area (Å²) in [5, 5.41) is 0. The summed E-state index contributed by atoms with van der Waals surface area (Å²) in [7, 11) is 0. The Morgan fingerprint density at radius 2 is 0.623 bits per heavy atom. The lowest BCUT2D eigenvalue weighted by atomic mass is 9.99. The van der Waals surface area contributed by atoms with E-state index in [4.69, 9.17) is 14.2 Å². The average molecular weight is 863 g/mol. The number of carbonyl (C=O) groups is 3. The van der Waals surface area contributed by atoms with Gasteiger partial charge in [-0.2, -0.15) is 0 Å². The molecule has 0 spiro atoms. The summed E-state index contributed by atoms with van der Waals surface area (Å²) in [4.78, 5) is 38.0. The number of hydrogen-bond acceptors (Lipinski definition) is 6. The van der Waals surface area contributed by atoms with Crippen LogP contribution in [-0.4, -0.2) is 37.2 Å². The van der Waals surface area contributed by atoms with Crippen molar-refractivity contribution >= 4 is 17.9 Å². The lowest BCUT2D eigenvalue weighted by Gasteiger charge is -2.18. The van der Waals surface area contributed by atoms with Gasteiger partial charge >= 0.3 is 17.9 Å². The van der Waals surface area contributed by atoms with Crippen molar-refractivity contribution in [3.8, 4) is 0 Å². The van der Waals surface area contributed by atoms with Crippen LogP contribution in [0.4, 0.5) is 0 Å². The Hall–Kier alpha value is -1.59. The monoisotopic (exact) mass is 863 g/mol. The lowest BCUT2D eigenvalue weighted by Crippen LogP contribution is -2.30. The van der Waals surface area contributed by atoms with Gasteiger partial charge in [0, 0.05) is 19.3 Å². The summed E-state index contributed by atoms with van der Waals surface area (Å²) in [6.45, 7) is 11.4. The molecule has 61 heavy (non-hydrogen) atoms. The van der Waals surface area contributed by atoms with Gasteiger partial charge in [0.1, 0.15) is 13.2 Å². The molecule has 0 saturated heterocycles. The molecule has 2 atom stereocenters. The van der Waals surface area contributed by atoms with Crippen LogP contribution in [-0.2, 0) is 28.6 Å². The fourth-order valence-electron chi connectivity index (χ4n) is 8.31. The minimum Gasteiger partial charge on any atom is -0.462 e. The molecule has 0 aliphatic heterocycles. The van der Waals surface area contributed by atoms with Gasteiger partial charge < -0.3 is 14.2 Å². The summed E-state index contributed by atoms with van der Waals surface area (Å²) < 4.78 is 16.8. The molecular formula is C55H106O6. The van der Waals surface area contributed by atoms with Crippen molar-refractivity contribution < 1.29 is 28.6 Å². The van der Waals surface area contributed by atoms with Gasteiger partial charge in [-0.25, -0.2) is 0 Å². The first-order valence-corrected chi connectivity index (χ1v) is 27.3. The van der Waals surface area contributed by atoms with E-state index in [9.17, 15) is 14.4 Å². The van der Waals surface area contributed by atoms with Crippen LogP contribution in [0, 0.1) is 11.8 Å². The van der Waals surface area contributed by atoms with Crippen molar-refractivity contribution in [1.29, 1.82) is 0 Å². The van der Waals surface area contributed by atoms with E-state index in [0.29, 0.717) is 19.3 Å². The van der Waals surface area contributed by atoms with E-state index >= 15 is 0 Å². The van der Waals surface area contributed by atoms with Crippen molar-refractivity contribution in [2.45, 2.75) is 310 Å². The SMILES string of the molecule is CCCCCCCCCCCCCCCC(=O)O[C@@H](COC(=O)CCCCCCCCCCCCCCCCCC(C)C)COC(=O)CCCCCCCCCCC(C)CC. The van der Waals surface area contributed by atoms with Crippen molar-refractivity contribution in [1.82, 2.24) is 0 Å². The Morgan fingerprint density at radius 3 is 0.934 bits per heavy atom. The van der Waals surface area contributed by atoms with E-state index < -0.39 is 6.10 Å². The van der Waals surface area contributed by atoms with E-state index in [-0.39, 0.29) is 31.1 Å². The predicted octanol–water partition coefficient (Wildman–Crippen LogP) is 17.7. The van der Waals surface area contributed by atoms with Crippen molar-refractivity contribution in [3.63, 3.8) is 0 Å². The first kappa shape index (κ1) is 59.4. The van der Waals surface area contributed by atoms with Crippen molar-refractivity contribution in [3.05, 3.63) is 0 Å². The molecule has 0 aliphatic carbocycles. The van der Waals surface area contributed by atoms with Gasteiger partial charge in [-0.3, -0.25) is 14.4 Å². The molecule has 0 aliphatic rings. The summed E-state index contributed by atoms with van der Waals surface area (Å²) in [5.41, 5.74) is 0. The van der Waals surface area contributed by atoms with Gasteiger partial charge in [-0.1, -0.05) is 266 Å². The van der Waals surface area contributed by atoms with Crippen LogP contribution in [0.5, 0.6) is 0 Å². The molecule has 0 bridgehead atoms. The van der Waals surface area contributed by atoms with Crippen molar-refractivity contribution in [2.75, 3.05) is 13.2 Å². The van der Waals surface area contributed by atoms with E-state index in [1.807, 2.05) is 0 Å². The fraction of sp³-hybridized carbons (Fsp3) is 0.945. The highest BCUT2D eigenvalue weighted by atomic mass is 16.6. The molecule has 0 amide bonds. The first-order valence-electron chi connectivity index (χ1n) is 27.3. The summed E-state index contributed by atoms with van der Waals surface area (Å²) in [5.74, 6) is 0.852. The van der Waals surface area contributed by atoms with Crippen LogP contribution >= 0.6 is 0 Å². The van der Waals surface area contributed by atoms with Crippen LogP contribution in [0.3, 0.4) is 0 Å². The second-order valence-electron chi connectivity index (χ2n) is 19.6. The van der Waals surface area contributed by atoms with Gasteiger partial charge in [0.25, 0.3) is 0 Å². The Kier molecular flexibility index (Phi) is 46.6. The summed E-state index contributed by atoms with van der Waals surface area (Å²) >= 11 is 0. The Bertz CT molecular complexity index is 933. The highest BCUT2D eigenvalue weighted by Crippen LogP contribution is 2.18. The molecule has 0 heterocycles. The normalized spacial score (nSPS) is 12.5. The number of hydrogen-bond donors (Lipinski definition) is 0. The molecule has 1 unspecified atom stereocenters. The largest absolute Gasteiger partial charge is 0.462 e. The van der Waals surface area contributed by atoms with Crippen LogP contribution in [0.25, 0.3) is 0 Å². The molecule has 0 N–H and O–H groups in total. The Balaban J connectivity index is 4.28. The number of rotatable bonds is 49. The molecule has 0 fully saturated rings. The molecular weight excluding hydrogens is 757 g/mol. The second kappa shape index (κ2) is 47.9. The smallest absolute Gasteiger partial charge is 0.306 e. The van der Waals surface area contributed by atoms with E-state index in [2.05, 4.69) is 34.6 Å². The maximum atomic E-state index is 12.8. The molecule has 6 nitrogen and oxygen atoms in total. The molecule has 6 heteroatoms. The number of unbranched alkanes of at least 4 members (excludes halogenated alkanes) is 33. The number of esters is 3. The molecule has 0 aromatic heterocycles. The molecule has 362 valence electrons.